The van der Waals surface area contributed by atoms with Gasteiger partial charge in [-0.1, -0.05) is 27.2 Å². The molecule has 1 heterocycles. The average molecular weight is 240 g/mol. The van der Waals surface area contributed by atoms with Crippen molar-refractivity contribution in [2.75, 3.05) is 6.54 Å². The van der Waals surface area contributed by atoms with Gasteiger partial charge in [-0.2, -0.15) is 0 Å². The van der Waals surface area contributed by atoms with Crippen LogP contribution in [0.1, 0.15) is 60.3 Å². The van der Waals surface area contributed by atoms with Crippen molar-refractivity contribution >= 4 is 5.91 Å². The molecule has 0 aromatic carbocycles. The lowest BCUT2D eigenvalue weighted by molar-refractivity contribution is -0.142. The van der Waals surface area contributed by atoms with Crippen molar-refractivity contribution in [3.8, 4) is 0 Å². The molecule has 1 rings (SSSR count). The molecule has 3 heteroatoms. The molecule has 0 aliphatic carbocycles. The van der Waals surface area contributed by atoms with Crippen LogP contribution < -0.4 is 5.32 Å². The van der Waals surface area contributed by atoms with Gasteiger partial charge in [-0.15, -0.1) is 0 Å². The van der Waals surface area contributed by atoms with Crippen molar-refractivity contribution < 1.29 is 4.79 Å². The van der Waals surface area contributed by atoms with Gasteiger partial charge in [-0.05, 0) is 33.1 Å². The predicted octanol–water partition coefficient (Wildman–Crippen LogP) is 2.55. The van der Waals surface area contributed by atoms with Gasteiger partial charge in [0.15, 0.2) is 0 Å². The maximum atomic E-state index is 12.4. The van der Waals surface area contributed by atoms with Crippen molar-refractivity contribution in [3.05, 3.63) is 0 Å². The number of amides is 1. The van der Waals surface area contributed by atoms with Gasteiger partial charge in [-0.3, -0.25) is 4.79 Å². The highest BCUT2D eigenvalue weighted by atomic mass is 16.2. The maximum absolute atomic E-state index is 12.4. The topological polar surface area (TPSA) is 32.3 Å². The fraction of sp³-hybridized carbons (Fsp3) is 0.929. The Hall–Kier alpha value is -0.570. The van der Waals surface area contributed by atoms with Crippen LogP contribution >= 0.6 is 0 Å². The summed E-state index contributed by atoms with van der Waals surface area (Å²) < 4.78 is 0. The van der Waals surface area contributed by atoms with Crippen LogP contribution in [0.2, 0.25) is 0 Å². The van der Waals surface area contributed by atoms with Crippen molar-refractivity contribution in [1.29, 1.82) is 0 Å². The molecular weight excluding hydrogens is 212 g/mol. The van der Waals surface area contributed by atoms with E-state index in [9.17, 15) is 4.79 Å². The average Bonchev–Trinajstić information content (AvgIpc) is 2.20. The zero-order chi connectivity index (χ0) is 13.1. The molecule has 100 valence electrons. The van der Waals surface area contributed by atoms with Gasteiger partial charge in [0.2, 0.25) is 5.91 Å². The normalized spacial score (nSPS) is 22.4. The standard InChI is InChI=1S/C14H28N2O/c1-6-9-14(4,5)16-10-7-8-12(13(16)17)15-11(2)3/h11-12,15H,6-10H2,1-5H3. The van der Waals surface area contributed by atoms with E-state index in [4.69, 9.17) is 0 Å². The number of nitrogens with one attached hydrogen (secondary N) is 1. The number of carbonyl (C=O) groups is 1. The third-order valence-corrected chi connectivity index (χ3v) is 3.57. The molecule has 0 spiro atoms. The highest BCUT2D eigenvalue weighted by molar-refractivity contribution is 5.83. The first-order valence-electron chi connectivity index (χ1n) is 6.96. The van der Waals surface area contributed by atoms with Gasteiger partial charge in [-0.25, -0.2) is 0 Å². The molecule has 0 bridgehead atoms. The van der Waals surface area contributed by atoms with Gasteiger partial charge in [0.05, 0.1) is 6.04 Å². The summed E-state index contributed by atoms with van der Waals surface area (Å²) in [6.45, 7) is 11.7. The fourth-order valence-corrected chi connectivity index (χ4v) is 2.78. The Bertz CT molecular complexity index is 261. The monoisotopic (exact) mass is 240 g/mol. The van der Waals surface area contributed by atoms with E-state index in [0.717, 1.165) is 32.2 Å². The molecule has 0 saturated carbocycles. The number of nitrogens with zero attached hydrogens (tertiary/aromatic N) is 1. The quantitative estimate of drug-likeness (QED) is 0.801. The van der Waals surface area contributed by atoms with Crippen molar-refractivity contribution in [2.45, 2.75) is 77.9 Å². The first-order chi connectivity index (χ1) is 7.88. The summed E-state index contributed by atoms with van der Waals surface area (Å²) in [4.78, 5) is 14.5. The van der Waals surface area contributed by atoms with Crippen LogP contribution in [0.4, 0.5) is 0 Å². The second kappa shape index (κ2) is 5.85. The molecule has 17 heavy (non-hydrogen) atoms. The second-order valence-electron chi connectivity index (χ2n) is 6.07. The van der Waals surface area contributed by atoms with Crippen LogP contribution in [-0.2, 0) is 4.79 Å². The first-order valence-corrected chi connectivity index (χ1v) is 6.96. The number of hydrogen-bond donors (Lipinski definition) is 1. The highest BCUT2D eigenvalue weighted by Gasteiger charge is 2.36. The second-order valence-corrected chi connectivity index (χ2v) is 6.07. The van der Waals surface area contributed by atoms with E-state index in [2.05, 4.69) is 44.8 Å². The molecule has 0 radical (unpaired) electrons. The third-order valence-electron chi connectivity index (χ3n) is 3.57. The lowest BCUT2D eigenvalue weighted by Gasteiger charge is -2.44. The minimum absolute atomic E-state index is 0.00314. The Balaban J connectivity index is 2.70. The van der Waals surface area contributed by atoms with Gasteiger partial charge >= 0.3 is 0 Å². The maximum Gasteiger partial charge on any atom is 0.240 e. The molecule has 1 N–H and O–H groups in total. The third kappa shape index (κ3) is 3.70. The molecule has 1 saturated heterocycles. The van der Waals surface area contributed by atoms with E-state index < -0.39 is 0 Å². The Morgan fingerprint density at radius 3 is 2.65 bits per heavy atom. The molecule has 1 aliphatic heterocycles. The largest absolute Gasteiger partial charge is 0.336 e. The number of carbonyl (C=O) groups excluding carboxylic acids is 1. The van der Waals surface area contributed by atoms with Gasteiger partial charge in [0, 0.05) is 18.1 Å². The summed E-state index contributed by atoms with van der Waals surface area (Å²) in [7, 11) is 0. The van der Waals surface area contributed by atoms with Gasteiger partial charge in [0.1, 0.15) is 0 Å². The summed E-state index contributed by atoms with van der Waals surface area (Å²) >= 11 is 0. The Morgan fingerprint density at radius 2 is 2.12 bits per heavy atom. The predicted molar refractivity (Wildman–Crippen MR) is 72.0 cm³/mol. The fourth-order valence-electron chi connectivity index (χ4n) is 2.78. The van der Waals surface area contributed by atoms with E-state index >= 15 is 0 Å². The SMILES string of the molecule is CCCC(C)(C)N1CCCC(NC(C)C)C1=O. The molecule has 1 aliphatic rings. The Labute approximate surface area is 106 Å². The zero-order valence-corrected chi connectivity index (χ0v) is 12.0. The van der Waals surface area contributed by atoms with Crippen LogP contribution in [0.25, 0.3) is 0 Å². The van der Waals surface area contributed by atoms with Crippen LogP contribution in [0.3, 0.4) is 0 Å². The van der Waals surface area contributed by atoms with Crippen LogP contribution in [0.15, 0.2) is 0 Å². The van der Waals surface area contributed by atoms with Crippen LogP contribution in [0.5, 0.6) is 0 Å². The summed E-state index contributed by atoms with van der Waals surface area (Å²) in [6.07, 6.45) is 4.30. The summed E-state index contributed by atoms with van der Waals surface area (Å²) in [5, 5.41) is 3.38. The zero-order valence-electron chi connectivity index (χ0n) is 12.0. The van der Waals surface area contributed by atoms with E-state index in [1.165, 1.54) is 0 Å². The minimum Gasteiger partial charge on any atom is -0.336 e. The van der Waals surface area contributed by atoms with E-state index in [-0.39, 0.29) is 11.6 Å². The molecule has 1 fully saturated rings. The lowest BCUT2D eigenvalue weighted by Crippen LogP contribution is -2.58. The van der Waals surface area contributed by atoms with E-state index in [0.29, 0.717) is 11.9 Å². The van der Waals surface area contributed by atoms with E-state index in [1.807, 2.05) is 0 Å². The minimum atomic E-state index is 0.00314. The van der Waals surface area contributed by atoms with Crippen LogP contribution in [0, 0.1) is 0 Å². The molecule has 0 aromatic rings. The number of hydrogen-bond acceptors (Lipinski definition) is 2. The number of piperidine rings is 1. The summed E-state index contributed by atoms with van der Waals surface area (Å²) in [5.74, 6) is 0.295. The molecule has 1 atom stereocenters. The van der Waals surface area contributed by atoms with Crippen molar-refractivity contribution in [1.82, 2.24) is 10.2 Å². The lowest BCUT2D eigenvalue weighted by atomic mass is 9.91. The van der Waals surface area contributed by atoms with Gasteiger partial charge < -0.3 is 10.2 Å². The molecule has 3 nitrogen and oxygen atoms in total. The van der Waals surface area contributed by atoms with Crippen LogP contribution in [-0.4, -0.2) is 35.0 Å². The molecular formula is C14H28N2O. The highest BCUT2D eigenvalue weighted by Crippen LogP contribution is 2.26. The smallest absolute Gasteiger partial charge is 0.240 e. The van der Waals surface area contributed by atoms with Crippen molar-refractivity contribution in [2.24, 2.45) is 0 Å². The Morgan fingerprint density at radius 1 is 1.47 bits per heavy atom. The molecule has 0 aromatic heterocycles. The van der Waals surface area contributed by atoms with E-state index in [1.54, 1.807) is 0 Å². The molecule has 1 amide bonds. The van der Waals surface area contributed by atoms with Gasteiger partial charge in [0.25, 0.3) is 0 Å². The van der Waals surface area contributed by atoms with Crippen molar-refractivity contribution in [3.63, 3.8) is 0 Å². The Kier molecular flexibility index (Phi) is 4.99. The number of likely N-dealkylation sites (tertiary alicyclic amines) is 1. The first kappa shape index (κ1) is 14.5. The summed E-state index contributed by atoms with van der Waals surface area (Å²) in [5.41, 5.74) is 0.00314. The summed E-state index contributed by atoms with van der Waals surface area (Å²) in [6, 6.07) is 0.401. The number of rotatable bonds is 5. The molecule has 1 unspecified atom stereocenters.